The van der Waals surface area contributed by atoms with Crippen LogP contribution in [0.25, 0.3) is 28.1 Å². The van der Waals surface area contributed by atoms with Crippen molar-refractivity contribution < 1.29 is 28.6 Å². The van der Waals surface area contributed by atoms with Crippen LogP contribution in [0.15, 0.2) is 79.0 Å². The van der Waals surface area contributed by atoms with E-state index in [1.54, 1.807) is 45.6 Å². The predicted molar refractivity (Wildman–Crippen MR) is 142 cm³/mol. The van der Waals surface area contributed by atoms with Crippen molar-refractivity contribution >= 4 is 34.5 Å². The van der Waals surface area contributed by atoms with E-state index in [9.17, 15) is 9.59 Å². The fourth-order valence-corrected chi connectivity index (χ4v) is 3.85. The zero-order valence-electron chi connectivity index (χ0n) is 20.9. The molecule has 1 amide bonds. The van der Waals surface area contributed by atoms with Crippen molar-refractivity contribution in [3.05, 3.63) is 84.6 Å². The number of hydrogen-bond donors (Lipinski definition) is 0. The van der Waals surface area contributed by atoms with Crippen LogP contribution in [0.5, 0.6) is 17.2 Å². The fraction of sp³-hybridized carbons (Fsp3) is 0.138. The van der Waals surface area contributed by atoms with E-state index in [2.05, 4.69) is 4.98 Å². The summed E-state index contributed by atoms with van der Waals surface area (Å²) in [6, 6.07) is 20.2. The number of ether oxygens (including phenoxy) is 3. The van der Waals surface area contributed by atoms with Crippen LogP contribution >= 0.6 is 0 Å². The Hall–Kier alpha value is -4.85. The van der Waals surface area contributed by atoms with Gasteiger partial charge in [-0.2, -0.15) is 0 Å². The van der Waals surface area contributed by atoms with E-state index in [1.807, 2.05) is 48.5 Å². The molecule has 0 radical (unpaired) electrons. The molecular weight excluding hydrogens is 472 g/mol. The lowest BCUT2D eigenvalue weighted by atomic mass is 9.99. The Morgan fingerprint density at radius 3 is 2.14 bits per heavy atom. The third kappa shape index (κ3) is 5.70. The molecule has 0 spiro atoms. The van der Waals surface area contributed by atoms with E-state index in [0.29, 0.717) is 39.6 Å². The van der Waals surface area contributed by atoms with E-state index in [0.717, 1.165) is 16.0 Å². The van der Waals surface area contributed by atoms with Gasteiger partial charge in [-0.25, -0.2) is 4.79 Å². The van der Waals surface area contributed by atoms with Crippen molar-refractivity contribution in [3.63, 3.8) is 0 Å². The molecule has 0 saturated carbocycles. The number of anilines is 1. The number of fused-ring (bicyclic) bond motifs is 1. The molecule has 0 aliphatic heterocycles. The van der Waals surface area contributed by atoms with Gasteiger partial charge in [0, 0.05) is 30.0 Å². The molecule has 188 valence electrons. The van der Waals surface area contributed by atoms with Gasteiger partial charge in [-0.1, -0.05) is 30.3 Å². The second-order valence-corrected chi connectivity index (χ2v) is 7.96. The molecule has 0 aliphatic carbocycles. The lowest BCUT2D eigenvalue weighted by molar-refractivity contribution is -0.147. The van der Waals surface area contributed by atoms with Crippen LogP contribution < -0.4 is 19.3 Å². The number of carbonyl (C=O) groups excluding carboxylic acids is 2. The Labute approximate surface area is 214 Å². The van der Waals surface area contributed by atoms with Crippen LogP contribution in [-0.4, -0.2) is 38.2 Å². The summed E-state index contributed by atoms with van der Waals surface area (Å²) in [4.78, 5) is 35.5. The number of aromatic nitrogens is 1. The van der Waals surface area contributed by atoms with Crippen molar-refractivity contribution in [2.75, 3.05) is 26.4 Å². The summed E-state index contributed by atoms with van der Waals surface area (Å²) in [5.74, 6) is 0.526. The lowest BCUT2D eigenvalue weighted by Crippen LogP contribution is -2.32. The monoisotopic (exact) mass is 498 g/mol. The van der Waals surface area contributed by atoms with Crippen molar-refractivity contribution in [3.8, 4) is 28.4 Å². The van der Waals surface area contributed by atoms with Crippen molar-refractivity contribution in [1.29, 1.82) is 0 Å². The highest BCUT2D eigenvalue weighted by molar-refractivity contribution is 6.10. The van der Waals surface area contributed by atoms with E-state index < -0.39 is 11.9 Å². The third-order valence-corrected chi connectivity index (χ3v) is 5.55. The van der Waals surface area contributed by atoms with Crippen molar-refractivity contribution in [2.24, 2.45) is 0 Å². The second-order valence-electron chi connectivity index (χ2n) is 7.96. The zero-order chi connectivity index (χ0) is 26.4. The number of amides is 1. The largest absolute Gasteiger partial charge is 0.497 e. The Balaban J connectivity index is 1.85. The van der Waals surface area contributed by atoms with Crippen LogP contribution in [0.1, 0.15) is 12.5 Å². The highest BCUT2D eigenvalue weighted by atomic mass is 16.7. The summed E-state index contributed by atoms with van der Waals surface area (Å²) in [6.45, 7) is 1.23. The van der Waals surface area contributed by atoms with Gasteiger partial charge in [0.05, 0.1) is 33.0 Å². The lowest BCUT2D eigenvalue weighted by Gasteiger charge is -2.23. The number of rotatable bonds is 7. The summed E-state index contributed by atoms with van der Waals surface area (Å²) >= 11 is 0. The van der Waals surface area contributed by atoms with E-state index in [1.165, 1.54) is 19.2 Å². The summed E-state index contributed by atoms with van der Waals surface area (Å²) in [6.07, 6.45) is 4.41. The van der Waals surface area contributed by atoms with Crippen LogP contribution in [0.2, 0.25) is 0 Å². The average Bonchev–Trinajstić information content (AvgIpc) is 2.93. The smallest absolute Gasteiger partial charge is 0.330 e. The molecular formula is C29H26N2O6. The highest BCUT2D eigenvalue weighted by Crippen LogP contribution is 2.38. The molecule has 8 heteroatoms. The molecule has 0 atom stereocenters. The molecule has 4 aromatic rings. The van der Waals surface area contributed by atoms with Crippen LogP contribution in [-0.2, 0) is 14.4 Å². The van der Waals surface area contributed by atoms with Crippen LogP contribution in [0, 0.1) is 0 Å². The van der Waals surface area contributed by atoms with Gasteiger partial charge in [0.25, 0.3) is 5.91 Å². The molecule has 0 fully saturated rings. The number of benzene rings is 3. The molecule has 3 aromatic carbocycles. The summed E-state index contributed by atoms with van der Waals surface area (Å²) in [7, 11) is 4.67. The number of hydroxylamine groups is 1. The molecule has 0 unspecified atom stereocenters. The number of methoxy groups -OCH3 is 3. The molecule has 8 nitrogen and oxygen atoms in total. The topological polar surface area (TPSA) is 87.2 Å². The first-order valence-electron chi connectivity index (χ1n) is 11.4. The first kappa shape index (κ1) is 25.2. The average molecular weight is 499 g/mol. The SMILES string of the molecule is COc1cc(C=CC(=O)N(OC(C)=O)c2cnc3ccc(OC)cc3c2-c2ccccc2)cc(OC)c1. The minimum absolute atomic E-state index is 0.306. The van der Waals surface area contributed by atoms with E-state index >= 15 is 0 Å². The van der Waals surface area contributed by atoms with Crippen LogP contribution in [0.3, 0.4) is 0 Å². The normalized spacial score (nSPS) is 10.8. The number of hydrogen-bond acceptors (Lipinski definition) is 7. The zero-order valence-corrected chi connectivity index (χ0v) is 20.9. The molecule has 0 aliphatic rings. The molecule has 0 bridgehead atoms. The van der Waals surface area contributed by atoms with E-state index in [4.69, 9.17) is 19.0 Å². The van der Waals surface area contributed by atoms with Gasteiger partial charge in [0.15, 0.2) is 0 Å². The van der Waals surface area contributed by atoms with E-state index in [-0.39, 0.29) is 0 Å². The summed E-state index contributed by atoms with van der Waals surface area (Å²) in [5, 5.41) is 1.68. The van der Waals surface area contributed by atoms with Crippen molar-refractivity contribution in [1.82, 2.24) is 4.98 Å². The Morgan fingerprint density at radius 1 is 0.838 bits per heavy atom. The Morgan fingerprint density at radius 2 is 1.51 bits per heavy atom. The minimum Gasteiger partial charge on any atom is -0.497 e. The number of pyridine rings is 1. The first-order valence-corrected chi connectivity index (χ1v) is 11.4. The molecule has 0 saturated heterocycles. The Bertz CT molecular complexity index is 1440. The van der Waals surface area contributed by atoms with Gasteiger partial charge in [-0.15, -0.1) is 5.06 Å². The minimum atomic E-state index is -0.658. The Kier molecular flexibility index (Phi) is 7.68. The van der Waals surface area contributed by atoms with Gasteiger partial charge in [0.2, 0.25) is 0 Å². The highest BCUT2D eigenvalue weighted by Gasteiger charge is 2.24. The maximum absolute atomic E-state index is 13.5. The quantitative estimate of drug-likeness (QED) is 0.247. The van der Waals surface area contributed by atoms with Gasteiger partial charge < -0.3 is 19.0 Å². The molecule has 0 N–H and O–H groups in total. The van der Waals surface area contributed by atoms with Crippen LogP contribution in [0.4, 0.5) is 5.69 Å². The molecule has 37 heavy (non-hydrogen) atoms. The fourth-order valence-electron chi connectivity index (χ4n) is 3.85. The van der Waals surface area contributed by atoms with Gasteiger partial charge in [-0.3, -0.25) is 9.78 Å². The standard InChI is InChI=1S/C29H26N2O6/c1-19(32)37-31(28(33)13-10-20-14-23(35-3)16-24(15-20)36-4)27-18-30-26-12-11-22(34-2)17-25(26)29(27)21-8-6-5-7-9-21/h5-18H,1-4H3. The maximum atomic E-state index is 13.5. The number of nitrogens with zero attached hydrogens (tertiary/aromatic N) is 2. The molecule has 1 heterocycles. The predicted octanol–water partition coefficient (Wildman–Crippen LogP) is 5.45. The first-order chi connectivity index (χ1) is 17.9. The maximum Gasteiger partial charge on any atom is 0.330 e. The third-order valence-electron chi connectivity index (χ3n) is 5.55. The van der Waals surface area contributed by atoms with Gasteiger partial charge >= 0.3 is 5.97 Å². The van der Waals surface area contributed by atoms with Gasteiger partial charge in [-0.05, 0) is 47.5 Å². The summed E-state index contributed by atoms with van der Waals surface area (Å²) < 4.78 is 16.0. The van der Waals surface area contributed by atoms with Gasteiger partial charge in [0.1, 0.15) is 22.9 Å². The molecule has 1 aromatic heterocycles. The van der Waals surface area contributed by atoms with Crippen molar-refractivity contribution in [2.45, 2.75) is 6.92 Å². The second kappa shape index (κ2) is 11.3. The number of carbonyl (C=O) groups is 2. The summed E-state index contributed by atoms with van der Waals surface area (Å²) in [5.41, 5.74) is 3.13. The molecule has 4 rings (SSSR count).